The number of amides is 1. The van der Waals surface area contributed by atoms with Gasteiger partial charge in [-0.15, -0.1) is 0 Å². The molecule has 0 bridgehead atoms. The van der Waals surface area contributed by atoms with Crippen molar-refractivity contribution < 1.29 is 14.5 Å². The predicted octanol–water partition coefficient (Wildman–Crippen LogP) is 1.73. The summed E-state index contributed by atoms with van der Waals surface area (Å²) in [4.78, 5) is 30.1. The van der Waals surface area contributed by atoms with Gasteiger partial charge in [-0.3, -0.25) is 25.8 Å². The molecule has 0 aliphatic heterocycles. The van der Waals surface area contributed by atoms with E-state index in [1.807, 2.05) is 13.0 Å². The number of nitrogens with zero attached hydrogens (tertiary/aromatic N) is 3. The van der Waals surface area contributed by atoms with Crippen molar-refractivity contribution in [2.24, 2.45) is 0 Å². The maximum atomic E-state index is 11.8. The molecule has 0 atom stereocenters. The lowest BCUT2D eigenvalue weighted by molar-refractivity contribution is -0.383. The molecule has 0 spiro atoms. The fourth-order valence-corrected chi connectivity index (χ4v) is 1.85. The first-order chi connectivity index (χ1) is 12.1. The third-order valence-corrected chi connectivity index (χ3v) is 2.98. The minimum absolute atomic E-state index is 0.0825. The largest absolute Gasteiger partial charge is 0.484 e. The molecule has 2 rings (SSSR count). The van der Waals surface area contributed by atoms with E-state index in [0.717, 1.165) is 6.42 Å². The van der Waals surface area contributed by atoms with Crippen LogP contribution in [0.4, 0.5) is 17.3 Å². The molecule has 1 aromatic carbocycles. The van der Waals surface area contributed by atoms with E-state index >= 15 is 0 Å². The second-order valence-electron chi connectivity index (χ2n) is 4.88. The number of para-hydroxylation sites is 1. The van der Waals surface area contributed by atoms with Gasteiger partial charge in [-0.1, -0.05) is 25.1 Å². The lowest BCUT2D eigenvalue weighted by Gasteiger charge is -2.11. The van der Waals surface area contributed by atoms with Crippen LogP contribution < -0.4 is 20.9 Å². The fraction of sp³-hybridized carbons (Fsp3) is 0.267. The van der Waals surface area contributed by atoms with E-state index in [9.17, 15) is 14.9 Å². The fourth-order valence-electron chi connectivity index (χ4n) is 1.85. The van der Waals surface area contributed by atoms with Crippen molar-refractivity contribution >= 4 is 23.2 Å². The zero-order valence-corrected chi connectivity index (χ0v) is 13.6. The number of aromatic nitrogens is 2. The highest BCUT2D eigenvalue weighted by atomic mass is 16.6. The molecule has 1 amide bonds. The Balaban J connectivity index is 1.97. The molecule has 3 N–H and O–H groups in total. The van der Waals surface area contributed by atoms with Crippen LogP contribution in [0, 0.1) is 10.1 Å². The van der Waals surface area contributed by atoms with E-state index in [4.69, 9.17) is 4.74 Å². The first-order valence-electron chi connectivity index (χ1n) is 7.57. The Hall–Kier alpha value is -3.43. The topological polar surface area (TPSA) is 131 Å². The molecule has 0 radical (unpaired) electrons. The van der Waals surface area contributed by atoms with E-state index in [-0.39, 0.29) is 23.9 Å². The van der Waals surface area contributed by atoms with Crippen LogP contribution in [0.5, 0.6) is 5.75 Å². The van der Waals surface area contributed by atoms with Crippen molar-refractivity contribution in [2.75, 3.05) is 23.9 Å². The summed E-state index contributed by atoms with van der Waals surface area (Å²) >= 11 is 0. The molecule has 2 aromatic rings. The zero-order valence-electron chi connectivity index (χ0n) is 13.6. The first-order valence-corrected chi connectivity index (χ1v) is 7.57. The Morgan fingerprint density at radius 1 is 1.24 bits per heavy atom. The summed E-state index contributed by atoms with van der Waals surface area (Å²) in [5.74, 6) is -0.0117. The number of carbonyl (C=O) groups excluding carboxylic acids is 1. The highest BCUT2D eigenvalue weighted by Gasteiger charge is 2.23. The molecule has 0 saturated heterocycles. The molecule has 0 saturated carbocycles. The van der Waals surface area contributed by atoms with E-state index < -0.39 is 10.8 Å². The van der Waals surface area contributed by atoms with Crippen LogP contribution in [0.2, 0.25) is 0 Å². The van der Waals surface area contributed by atoms with Crippen molar-refractivity contribution in [3.63, 3.8) is 0 Å². The van der Waals surface area contributed by atoms with E-state index in [2.05, 4.69) is 26.1 Å². The summed E-state index contributed by atoms with van der Waals surface area (Å²) < 4.78 is 5.28. The van der Waals surface area contributed by atoms with Crippen LogP contribution >= 0.6 is 0 Å². The number of rotatable bonds is 9. The molecular weight excluding hydrogens is 328 g/mol. The minimum Gasteiger partial charge on any atom is -0.484 e. The number of hydrazine groups is 1. The summed E-state index contributed by atoms with van der Waals surface area (Å²) in [5, 5.41) is 14.1. The van der Waals surface area contributed by atoms with Crippen LogP contribution in [0.3, 0.4) is 0 Å². The molecule has 0 aliphatic carbocycles. The number of hydrogen-bond acceptors (Lipinski definition) is 8. The normalized spacial score (nSPS) is 9.96. The van der Waals surface area contributed by atoms with Gasteiger partial charge in [-0.25, -0.2) is 9.97 Å². The van der Waals surface area contributed by atoms with Crippen LogP contribution in [-0.2, 0) is 4.79 Å². The Morgan fingerprint density at radius 2 is 1.96 bits per heavy atom. The lowest BCUT2D eigenvalue weighted by atomic mass is 10.3. The Kier molecular flexibility index (Phi) is 6.46. The van der Waals surface area contributed by atoms with Crippen LogP contribution in [0.15, 0.2) is 36.7 Å². The lowest BCUT2D eigenvalue weighted by Crippen LogP contribution is -2.34. The summed E-state index contributed by atoms with van der Waals surface area (Å²) in [7, 11) is 0. The minimum atomic E-state index is -0.618. The maximum Gasteiger partial charge on any atom is 0.354 e. The van der Waals surface area contributed by atoms with Crippen molar-refractivity contribution in [3.05, 3.63) is 46.8 Å². The molecular formula is C15H18N6O4. The number of carbonyl (C=O) groups is 1. The van der Waals surface area contributed by atoms with Gasteiger partial charge in [0.1, 0.15) is 12.1 Å². The summed E-state index contributed by atoms with van der Waals surface area (Å²) in [6.45, 7) is 2.19. The number of ether oxygens (including phenoxy) is 1. The van der Waals surface area contributed by atoms with E-state index in [1.54, 1.807) is 24.3 Å². The summed E-state index contributed by atoms with van der Waals surface area (Å²) in [5.41, 5.74) is 4.40. The molecule has 25 heavy (non-hydrogen) atoms. The van der Waals surface area contributed by atoms with Crippen LogP contribution in [0.25, 0.3) is 0 Å². The number of nitro groups is 1. The highest BCUT2D eigenvalue weighted by Crippen LogP contribution is 2.28. The third-order valence-electron chi connectivity index (χ3n) is 2.98. The van der Waals surface area contributed by atoms with Crippen LogP contribution in [0.1, 0.15) is 13.3 Å². The van der Waals surface area contributed by atoms with E-state index in [0.29, 0.717) is 12.3 Å². The Bertz CT molecular complexity index is 725. The highest BCUT2D eigenvalue weighted by molar-refractivity contribution is 5.80. The van der Waals surface area contributed by atoms with Gasteiger partial charge in [0.15, 0.2) is 6.61 Å². The second kappa shape index (κ2) is 9.01. The Morgan fingerprint density at radius 3 is 2.64 bits per heavy atom. The number of nitrogens with one attached hydrogen (secondary N) is 3. The Labute approximate surface area is 143 Å². The molecule has 10 nitrogen and oxygen atoms in total. The standard InChI is InChI=1S/C15H18N6O4/c1-2-8-16-14-13(21(23)24)15(18-10-17-14)20-19-12(22)9-25-11-6-4-3-5-7-11/h3-7,10H,2,8-9H2,1H3,(H,19,22)(H2,16,17,18,20). The first kappa shape index (κ1) is 17.9. The maximum absolute atomic E-state index is 11.8. The average molecular weight is 346 g/mol. The molecule has 132 valence electrons. The van der Waals surface area contributed by atoms with Gasteiger partial charge in [0.05, 0.1) is 4.92 Å². The number of hydrogen-bond donors (Lipinski definition) is 3. The monoisotopic (exact) mass is 346 g/mol. The molecule has 1 heterocycles. The molecule has 0 aliphatic rings. The van der Waals surface area contributed by atoms with Gasteiger partial charge in [0.25, 0.3) is 5.91 Å². The zero-order chi connectivity index (χ0) is 18.1. The molecule has 1 aromatic heterocycles. The van der Waals surface area contributed by atoms with Gasteiger partial charge in [0.2, 0.25) is 11.6 Å². The molecule has 10 heteroatoms. The summed E-state index contributed by atoms with van der Waals surface area (Å²) in [6, 6.07) is 8.80. The van der Waals surface area contributed by atoms with Crippen molar-refractivity contribution in [1.82, 2.24) is 15.4 Å². The molecule has 0 unspecified atom stereocenters. The van der Waals surface area contributed by atoms with Gasteiger partial charge < -0.3 is 10.1 Å². The van der Waals surface area contributed by atoms with Crippen LogP contribution in [-0.4, -0.2) is 34.0 Å². The van der Waals surface area contributed by atoms with Gasteiger partial charge in [0, 0.05) is 6.54 Å². The van der Waals surface area contributed by atoms with E-state index in [1.165, 1.54) is 6.33 Å². The van der Waals surface area contributed by atoms with Crippen molar-refractivity contribution in [1.29, 1.82) is 0 Å². The number of anilines is 2. The smallest absolute Gasteiger partial charge is 0.354 e. The van der Waals surface area contributed by atoms with Gasteiger partial charge in [-0.05, 0) is 18.6 Å². The predicted molar refractivity (Wildman–Crippen MR) is 91.2 cm³/mol. The summed E-state index contributed by atoms with van der Waals surface area (Å²) in [6.07, 6.45) is 1.94. The average Bonchev–Trinajstić information content (AvgIpc) is 2.63. The van der Waals surface area contributed by atoms with Gasteiger partial charge >= 0.3 is 5.69 Å². The quantitative estimate of drug-likeness (QED) is 0.462. The second-order valence-corrected chi connectivity index (χ2v) is 4.88. The SMILES string of the molecule is CCCNc1ncnc(NNC(=O)COc2ccccc2)c1[N+](=O)[O-]. The molecule has 0 fully saturated rings. The van der Waals surface area contributed by atoms with Crippen molar-refractivity contribution in [3.8, 4) is 5.75 Å². The third kappa shape index (κ3) is 5.30. The van der Waals surface area contributed by atoms with Crippen molar-refractivity contribution in [2.45, 2.75) is 13.3 Å². The van der Waals surface area contributed by atoms with Gasteiger partial charge in [-0.2, -0.15) is 0 Å². The number of benzene rings is 1.